The average Bonchev–Trinajstić information content (AvgIpc) is 2.87. The van der Waals surface area contributed by atoms with Crippen LogP contribution in [0.25, 0.3) is 5.69 Å². The Labute approximate surface area is 99.8 Å². The van der Waals surface area contributed by atoms with Gasteiger partial charge in [0.15, 0.2) is 5.82 Å². The van der Waals surface area contributed by atoms with Gasteiger partial charge in [-0.05, 0) is 19.1 Å². The highest BCUT2D eigenvalue weighted by Crippen LogP contribution is 2.22. The number of anilines is 1. The van der Waals surface area contributed by atoms with Gasteiger partial charge in [0, 0.05) is 18.8 Å². The zero-order valence-corrected chi connectivity index (χ0v) is 9.87. The number of ether oxygens (including phenoxy) is 1. The van der Waals surface area contributed by atoms with E-state index in [9.17, 15) is 5.21 Å². The first-order valence-corrected chi connectivity index (χ1v) is 5.41. The minimum atomic E-state index is 0.489. The van der Waals surface area contributed by atoms with Gasteiger partial charge in [-0.25, -0.2) is 9.75 Å². The maximum absolute atomic E-state index is 9.54. The molecule has 0 radical (unpaired) electrons. The molecule has 0 fully saturated rings. The first kappa shape index (κ1) is 11.5. The summed E-state index contributed by atoms with van der Waals surface area (Å²) in [7, 11) is 1.62. The summed E-state index contributed by atoms with van der Waals surface area (Å²) in [5.74, 6) is 1.25. The van der Waals surface area contributed by atoms with E-state index in [-0.39, 0.29) is 0 Å². The van der Waals surface area contributed by atoms with Gasteiger partial charge in [0.25, 0.3) is 0 Å². The number of para-hydroxylation sites is 2. The fourth-order valence-corrected chi connectivity index (χ4v) is 1.57. The average molecular weight is 233 g/mol. The molecule has 0 saturated heterocycles. The zero-order chi connectivity index (χ0) is 12.3. The Morgan fingerprint density at radius 1 is 1.35 bits per heavy atom. The van der Waals surface area contributed by atoms with Crippen LogP contribution < -0.4 is 9.80 Å². The second-order valence-electron chi connectivity index (χ2n) is 3.51. The van der Waals surface area contributed by atoms with Crippen LogP contribution in [0.4, 0.5) is 5.82 Å². The maximum Gasteiger partial charge on any atom is 0.174 e. The summed E-state index contributed by atoms with van der Waals surface area (Å²) >= 11 is 0. The van der Waals surface area contributed by atoms with Crippen LogP contribution in [0.15, 0.2) is 36.5 Å². The van der Waals surface area contributed by atoms with Gasteiger partial charge in [-0.3, -0.25) is 5.21 Å². The van der Waals surface area contributed by atoms with Crippen LogP contribution in [0.2, 0.25) is 0 Å². The van der Waals surface area contributed by atoms with Crippen LogP contribution in [0.5, 0.6) is 5.75 Å². The van der Waals surface area contributed by atoms with Crippen LogP contribution >= 0.6 is 0 Å². The lowest BCUT2D eigenvalue weighted by Crippen LogP contribution is -2.17. The number of hydrogen-bond acceptors (Lipinski definition) is 4. The van der Waals surface area contributed by atoms with Crippen LogP contribution in [-0.4, -0.2) is 28.6 Å². The van der Waals surface area contributed by atoms with Crippen LogP contribution in [0.3, 0.4) is 0 Å². The third-order valence-electron chi connectivity index (χ3n) is 2.47. The monoisotopic (exact) mass is 233 g/mol. The highest BCUT2D eigenvalue weighted by Gasteiger charge is 2.08. The van der Waals surface area contributed by atoms with Gasteiger partial charge in [-0.1, -0.05) is 12.1 Å². The van der Waals surface area contributed by atoms with Crippen LogP contribution in [0.1, 0.15) is 6.92 Å². The van der Waals surface area contributed by atoms with E-state index in [1.165, 1.54) is 0 Å². The third-order valence-corrected chi connectivity index (χ3v) is 2.47. The largest absolute Gasteiger partial charge is 0.494 e. The lowest BCUT2D eigenvalue weighted by molar-refractivity contribution is 0.256. The molecule has 1 N–H and O–H groups in total. The Kier molecular flexibility index (Phi) is 3.30. The summed E-state index contributed by atoms with van der Waals surface area (Å²) in [5, 5.41) is 14.9. The molecule has 0 aliphatic carbocycles. The number of benzene rings is 1. The quantitative estimate of drug-likeness (QED) is 0.821. The van der Waals surface area contributed by atoms with Crippen molar-refractivity contribution in [2.24, 2.45) is 0 Å². The summed E-state index contributed by atoms with van der Waals surface area (Å²) in [5.41, 5.74) is 0.839. The molecule has 0 aliphatic heterocycles. The van der Waals surface area contributed by atoms with E-state index in [1.54, 1.807) is 24.1 Å². The second kappa shape index (κ2) is 4.88. The molecule has 1 heterocycles. The summed E-state index contributed by atoms with van der Waals surface area (Å²) in [6.07, 6.45) is 1.78. The first-order chi connectivity index (χ1) is 8.26. The highest BCUT2D eigenvalue weighted by molar-refractivity contribution is 5.47. The Morgan fingerprint density at radius 2 is 2.12 bits per heavy atom. The molecular formula is C12H15N3O2. The molecule has 5 heteroatoms. The van der Waals surface area contributed by atoms with Crippen molar-refractivity contribution in [3.8, 4) is 11.4 Å². The number of hydroxylamine groups is 1. The molecule has 17 heavy (non-hydrogen) atoms. The van der Waals surface area contributed by atoms with Crippen molar-refractivity contribution in [3.63, 3.8) is 0 Å². The molecule has 0 bridgehead atoms. The van der Waals surface area contributed by atoms with E-state index < -0.39 is 0 Å². The van der Waals surface area contributed by atoms with Crippen molar-refractivity contribution in [2.75, 3.05) is 18.7 Å². The predicted octanol–water partition coefficient (Wildman–Crippen LogP) is 2.10. The van der Waals surface area contributed by atoms with Crippen molar-refractivity contribution in [3.05, 3.63) is 36.5 Å². The number of rotatable bonds is 4. The molecule has 0 atom stereocenters. The number of aromatic nitrogens is 2. The first-order valence-electron chi connectivity index (χ1n) is 5.41. The van der Waals surface area contributed by atoms with Crippen molar-refractivity contribution >= 4 is 5.82 Å². The van der Waals surface area contributed by atoms with Gasteiger partial charge < -0.3 is 4.74 Å². The lowest BCUT2D eigenvalue weighted by atomic mass is 10.3. The predicted molar refractivity (Wildman–Crippen MR) is 64.9 cm³/mol. The van der Waals surface area contributed by atoms with Crippen molar-refractivity contribution in [1.82, 2.24) is 9.78 Å². The Hall–Kier alpha value is -2.01. The minimum Gasteiger partial charge on any atom is -0.494 e. The van der Waals surface area contributed by atoms with E-state index >= 15 is 0 Å². The van der Waals surface area contributed by atoms with Gasteiger partial charge in [-0.2, -0.15) is 0 Å². The number of methoxy groups -OCH3 is 1. The third kappa shape index (κ3) is 2.24. The fraction of sp³-hybridized carbons (Fsp3) is 0.250. The molecule has 1 aromatic heterocycles. The number of nitrogens with zero attached hydrogens (tertiary/aromatic N) is 3. The molecule has 0 amide bonds. The number of hydrogen-bond donors (Lipinski definition) is 1. The van der Waals surface area contributed by atoms with Crippen molar-refractivity contribution in [2.45, 2.75) is 6.92 Å². The van der Waals surface area contributed by atoms with Crippen LogP contribution in [-0.2, 0) is 0 Å². The zero-order valence-electron chi connectivity index (χ0n) is 9.87. The summed E-state index contributed by atoms with van der Waals surface area (Å²) in [4.78, 5) is 0. The molecule has 5 nitrogen and oxygen atoms in total. The Morgan fingerprint density at radius 3 is 2.82 bits per heavy atom. The maximum atomic E-state index is 9.54. The van der Waals surface area contributed by atoms with Gasteiger partial charge in [-0.15, -0.1) is 5.10 Å². The topological polar surface area (TPSA) is 50.5 Å². The second-order valence-corrected chi connectivity index (χ2v) is 3.51. The molecule has 0 saturated carbocycles. The Balaban J connectivity index is 2.37. The lowest BCUT2D eigenvalue weighted by Gasteiger charge is -2.10. The molecule has 2 aromatic rings. The molecule has 0 unspecified atom stereocenters. The molecule has 1 aromatic carbocycles. The van der Waals surface area contributed by atoms with E-state index in [0.29, 0.717) is 12.4 Å². The van der Waals surface area contributed by atoms with E-state index in [0.717, 1.165) is 16.5 Å². The summed E-state index contributed by atoms with van der Waals surface area (Å²) in [6, 6.07) is 9.33. The van der Waals surface area contributed by atoms with Crippen molar-refractivity contribution in [1.29, 1.82) is 0 Å². The Bertz CT molecular complexity index is 496. The minimum absolute atomic E-state index is 0.489. The van der Waals surface area contributed by atoms with E-state index in [1.807, 2.05) is 31.2 Å². The molecular weight excluding hydrogens is 218 g/mol. The summed E-state index contributed by atoms with van der Waals surface area (Å²) < 4.78 is 6.93. The molecule has 2 rings (SSSR count). The molecule has 90 valence electrons. The normalized spacial score (nSPS) is 10.3. The summed E-state index contributed by atoms with van der Waals surface area (Å²) in [6.45, 7) is 2.34. The van der Waals surface area contributed by atoms with Crippen molar-refractivity contribution < 1.29 is 9.94 Å². The van der Waals surface area contributed by atoms with Crippen LogP contribution in [0, 0.1) is 0 Å². The SMILES string of the molecule is CCN(O)c1ccn(-c2ccccc2OC)n1. The fourth-order valence-electron chi connectivity index (χ4n) is 1.57. The van der Waals surface area contributed by atoms with E-state index in [4.69, 9.17) is 4.74 Å². The van der Waals surface area contributed by atoms with Gasteiger partial charge in [0.05, 0.1) is 7.11 Å². The van der Waals surface area contributed by atoms with Gasteiger partial charge in [0.1, 0.15) is 11.4 Å². The van der Waals surface area contributed by atoms with E-state index in [2.05, 4.69) is 5.10 Å². The standard InChI is InChI=1S/C12H15N3O2/c1-3-15(16)12-8-9-14(13-12)10-6-4-5-7-11(10)17-2/h4-9,16H,3H2,1-2H3. The van der Waals surface area contributed by atoms with Gasteiger partial charge in [0.2, 0.25) is 0 Å². The highest BCUT2D eigenvalue weighted by atomic mass is 16.5. The molecule has 0 spiro atoms. The smallest absolute Gasteiger partial charge is 0.174 e. The molecule has 0 aliphatic rings. The van der Waals surface area contributed by atoms with Gasteiger partial charge >= 0.3 is 0 Å².